The zero-order valence-corrected chi connectivity index (χ0v) is 12.1. The van der Waals surface area contributed by atoms with Crippen LogP contribution in [0.4, 0.5) is 4.39 Å². The molecule has 0 saturated carbocycles. The lowest BCUT2D eigenvalue weighted by molar-refractivity contribution is 0.0685. The van der Waals surface area contributed by atoms with E-state index in [2.05, 4.69) is 5.10 Å². The Morgan fingerprint density at radius 2 is 2.05 bits per heavy atom. The Balaban J connectivity index is 1.71. The molecular formula is C15H15ClFN3O. The Morgan fingerprint density at radius 1 is 1.29 bits per heavy atom. The van der Waals surface area contributed by atoms with Gasteiger partial charge in [-0.2, -0.15) is 5.10 Å². The van der Waals surface area contributed by atoms with Crippen LogP contribution in [0.5, 0.6) is 0 Å². The third-order valence-corrected chi connectivity index (χ3v) is 4.14. The second kappa shape index (κ2) is 5.85. The van der Waals surface area contributed by atoms with Crippen molar-refractivity contribution in [2.24, 2.45) is 0 Å². The molecular weight excluding hydrogens is 293 g/mol. The van der Waals surface area contributed by atoms with Crippen LogP contribution in [-0.4, -0.2) is 33.7 Å². The molecule has 3 rings (SSSR count). The third kappa shape index (κ3) is 2.78. The van der Waals surface area contributed by atoms with Crippen molar-refractivity contribution in [3.05, 3.63) is 53.1 Å². The van der Waals surface area contributed by atoms with Crippen molar-refractivity contribution in [2.75, 3.05) is 13.1 Å². The molecule has 1 aliphatic heterocycles. The van der Waals surface area contributed by atoms with Gasteiger partial charge in [-0.1, -0.05) is 17.7 Å². The van der Waals surface area contributed by atoms with Gasteiger partial charge >= 0.3 is 0 Å². The van der Waals surface area contributed by atoms with Gasteiger partial charge in [0.2, 0.25) is 0 Å². The number of rotatable bonds is 2. The fraction of sp³-hybridized carbons (Fsp3) is 0.333. The molecule has 2 heterocycles. The number of carbonyl (C=O) groups excluding carboxylic acids is 1. The number of nitrogens with zero attached hydrogens (tertiary/aromatic N) is 3. The van der Waals surface area contributed by atoms with E-state index in [4.69, 9.17) is 11.6 Å². The van der Waals surface area contributed by atoms with Crippen LogP contribution in [0.25, 0.3) is 0 Å². The Hall–Kier alpha value is -1.88. The number of halogens is 2. The largest absolute Gasteiger partial charge is 0.338 e. The van der Waals surface area contributed by atoms with E-state index < -0.39 is 5.82 Å². The zero-order chi connectivity index (χ0) is 14.8. The fourth-order valence-corrected chi connectivity index (χ4v) is 2.93. The number of carbonyl (C=O) groups is 1. The molecule has 0 aliphatic carbocycles. The first-order valence-electron chi connectivity index (χ1n) is 6.89. The van der Waals surface area contributed by atoms with Crippen LogP contribution in [0.2, 0.25) is 5.02 Å². The van der Waals surface area contributed by atoms with E-state index in [1.54, 1.807) is 11.1 Å². The van der Waals surface area contributed by atoms with E-state index in [1.807, 2.05) is 16.9 Å². The smallest absolute Gasteiger partial charge is 0.258 e. The van der Waals surface area contributed by atoms with Gasteiger partial charge in [-0.25, -0.2) is 4.39 Å². The Morgan fingerprint density at radius 3 is 2.67 bits per heavy atom. The predicted molar refractivity (Wildman–Crippen MR) is 77.8 cm³/mol. The first-order chi connectivity index (χ1) is 10.2. The van der Waals surface area contributed by atoms with E-state index in [-0.39, 0.29) is 16.5 Å². The number of hydrogen-bond donors (Lipinski definition) is 0. The predicted octanol–water partition coefficient (Wildman–Crippen LogP) is 3.15. The third-order valence-electron chi connectivity index (χ3n) is 3.83. The van der Waals surface area contributed by atoms with E-state index in [0.717, 1.165) is 12.8 Å². The summed E-state index contributed by atoms with van der Waals surface area (Å²) < 4.78 is 15.7. The summed E-state index contributed by atoms with van der Waals surface area (Å²) in [4.78, 5) is 14.1. The van der Waals surface area contributed by atoms with E-state index in [9.17, 15) is 9.18 Å². The number of amides is 1. The van der Waals surface area contributed by atoms with Crippen molar-refractivity contribution in [2.45, 2.75) is 18.9 Å². The molecule has 6 heteroatoms. The summed E-state index contributed by atoms with van der Waals surface area (Å²) in [7, 11) is 0. The molecule has 110 valence electrons. The van der Waals surface area contributed by atoms with E-state index in [1.165, 1.54) is 18.2 Å². The minimum atomic E-state index is -0.568. The highest BCUT2D eigenvalue weighted by Gasteiger charge is 2.27. The molecule has 0 spiro atoms. The second-order valence-electron chi connectivity index (χ2n) is 5.11. The summed E-state index contributed by atoms with van der Waals surface area (Å²) in [6, 6.07) is 6.47. The quantitative estimate of drug-likeness (QED) is 0.855. The molecule has 0 bridgehead atoms. The van der Waals surface area contributed by atoms with Crippen LogP contribution in [0, 0.1) is 5.82 Å². The molecule has 0 radical (unpaired) electrons. The average Bonchev–Trinajstić information content (AvgIpc) is 3.01. The van der Waals surface area contributed by atoms with Gasteiger partial charge < -0.3 is 4.90 Å². The van der Waals surface area contributed by atoms with Gasteiger partial charge in [0.15, 0.2) is 0 Å². The van der Waals surface area contributed by atoms with E-state index >= 15 is 0 Å². The Labute approximate surface area is 127 Å². The standard InChI is InChI=1S/C15H15ClFN3O/c16-12-3-1-4-13(17)14(12)15(21)19-9-5-11(6-10-19)20-8-2-7-18-20/h1-4,7-8,11H,5-6,9-10H2. The highest BCUT2D eigenvalue weighted by molar-refractivity contribution is 6.33. The lowest BCUT2D eigenvalue weighted by Gasteiger charge is -2.32. The summed E-state index contributed by atoms with van der Waals surface area (Å²) in [5.74, 6) is -0.904. The molecule has 1 aliphatic rings. The summed E-state index contributed by atoms with van der Waals surface area (Å²) in [6.45, 7) is 1.15. The van der Waals surface area contributed by atoms with Crippen molar-refractivity contribution in [3.63, 3.8) is 0 Å². The van der Waals surface area contributed by atoms with Crippen molar-refractivity contribution in [1.29, 1.82) is 0 Å². The maximum atomic E-state index is 13.8. The molecule has 1 amide bonds. The minimum absolute atomic E-state index is 0.0308. The second-order valence-corrected chi connectivity index (χ2v) is 5.51. The summed E-state index contributed by atoms with van der Waals surface area (Å²) in [5.41, 5.74) is -0.0308. The number of aromatic nitrogens is 2. The van der Waals surface area contributed by atoms with Gasteiger partial charge in [0.1, 0.15) is 5.82 Å². The summed E-state index contributed by atoms with van der Waals surface area (Å²) >= 11 is 5.95. The monoisotopic (exact) mass is 307 g/mol. The van der Waals surface area contributed by atoms with Crippen molar-refractivity contribution >= 4 is 17.5 Å². The highest BCUT2D eigenvalue weighted by atomic mass is 35.5. The van der Waals surface area contributed by atoms with Crippen molar-refractivity contribution in [3.8, 4) is 0 Å². The molecule has 1 saturated heterocycles. The Bertz CT molecular complexity index is 616. The molecule has 1 fully saturated rings. The van der Waals surface area contributed by atoms with Crippen LogP contribution >= 0.6 is 11.6 Å². The number of benzene rings is 1. The molecule has 0 N–H and O–H groups in total. The normalized spacial score (nSPS) is 16.2. The fourth-order valence-electron chi connectivity index (χ4n) is 2.69. The molecule has 0 atom stereocenters. The molecule has 4 nitrogen and oxygen atoms in total. The lowest BCUT2D eigenvalue weighted by atomic mass is 10.0. The van der Waals surface area contributed by atoms with Gasteiger partial charge in [-0.05, 0) is 31.0 Å². The molecule has 21 heavy (non-hydrogen) atoms. The summed E-state index contributed by atoms with van der Waals surface area (Å²) in [5, 5.41) is 4.39. The van der Waals surface area contributed by atoms with Gasteiger partial charge in [-0.15, -0.1) is 0 Å². The average molecular weight is 308 g/mol. The van der Waals surface area contributed by atoms with Crippen LogP contribution in [-0.2, 0) is 0 Å². The first-order valence-corrected chi connectivity index (χ1v) is 7.27. The Kier molecular flexibility index (Phi) is 3.92. The van der Waals surface area contributed by atoms with Gasteiger partial charge in [0.25, 0.3) is 5.91 Å². The first kappa shape index (κ1) is 14.1. The SMILES string of the molecule is O=C(c1c(F)cccc1Cl)N1CCC(n2cccn2)CC1. The maximum Gasteiger partial charge on any atom is 0.258 e. The molecule has 0 unspecified atom stereocenters. The minimum Gasteiger partial charge on any atom is -0.338 e. The highest BCUT2D eigenvalue weighted by Crippen LogP contribution is 2.26. The van der Waals surface area contributed by atoms with Crippen molar-refractivity contribution in [1.82, 2.24) is 14.7 Å². The van der Waals surface area contributed by atoms with Crippen molar-refractivity contribution < 1.29 is 9.18 Å². The van der Waals surface area contributed by atoms with Gasteiger partial charge in [0, 0.05) is 25.5 Å². The van der Waals surface area contributed by atoms with Gasteiger partial charge in [-0.3, -0.25) is 9.48 Å². The topological polar surface area (TPSA) is 38.1 Å². The zero-order valence-electron chi connectivity index (χ0n) is 11.4. The maximum absolute atomic E-state index is 13.8. The summed E-state index contributed by atoms with van der Waals surface area (Å²) in [6.07, 6.45) is 5.28. The van der Waals surface area contributed by atoms with Gasteiger partial charge in [0.05, 0.1) is 16.6 Å². The van der Waals surface area contributed by atoms with Crippen LogP contribution in [0.3, 0.4) is 0 Å². The molecule has 1 aromatic carbocycles. The number of likely N-dealkylation sites (tertiary alicyclic amines) is 1. The van der Waals surface area contributed by atoms with Crippen LogP contribution in [0.15, 0.2) is 36.7 Å². The number of hydrogen-bond acceptors (Lipinski definition) is 2. The number of piperidine rings is 1. The molecule has 2 aromatic rings. The van der Waals surface area contributed by atoms with Crippen LogP contribution < -0.4 is 0 Å². The molecule has 1 aromatic heterocycles. The van der Waals surface area contributed by atoms with Crippen LogP contribution in [0.1, 0.15) is 29.2 Å². The lowest BCUT2D eigenvalue weighted by Crippen LogP contribution is -2.39. The van der Waals surface area contributed by atoms with E-state index in [0.29, 0.717) is 19.1 Å².